The lowest BCUT2D eigenvalue weighted by Crippen LogP contribution is -2.17. The van der Waals surface area contributed by atoms with Gasteiger partial charge in [-0.2, -0.15) is 0 Å². The summed E-state index contributed by atoms with van der Waals surface area (Å²) in [4.78, 5) is 14.3. The molecule has 0 aliphatic rings. The Bertz CT molecular complexity index is 280. The van der Waals surface area contributed by atoms with E-state index >= 15 is 0 Å². The van der Waals surface area contributed by atoms with Crippen LogP contribution in [0.5, 0.6) is 0 Å². The fraction of sp³-hybridized carbons (Fsp3) is 0.429. The van der Waals surface area contributed by atoms with Gasteiger partial charge in [0.1, 0.15) is 6.33 Å². The molecule has 0 spiro atoms. The quantitative estimate of drug-likeness (QED) is 0.667. The van der Waals surface area contributed by atoms with Gasteiger partial charge in [-0.25, -0.2) is 14.3 Å². The summed E-state index contributed by atoms with van der Waals surface area (Å²) in [5, 5.41) is 8.52. The van der Waals surface area contributed by atoms with Crippen molar-refractivity contribution in [1.82, 2.24) is 9.55 Å². The van der Waals surface area contributed by atoms with Crippen molar-refractivity contribution >= 4 is 6.09 Å². The third kappa shape index (κ3) is 2.06. The first-order valence-corrected chi connectivity index (χ1v) is 3.61. The summed E-state index contributed by atoms with van der Waals surface area (Å²) in [5.41, 5.74) is 6.21. The van der Waals surface area contributed by atoms with E-state index in [1.54, 1.807) is 0 Å². The van der Waals surface area contributed by atoms with Gasteiger partial charge in [0.15, 0.2) is 0 Å². The number of imidazole rings is 1. The molecule has 5 heteroatoms. The molecular weight excluding hydrogens is 158 g/mol. The van der Waals surface area contributed by atoms with E-state index in [-0.39, 0.29) is 6.04 Å². The number of nitrogens with two attached hydrogens (primary N) is 1. The van der Waals surface area contributed by atoms with Crippen LogP contribution in [-0.2, 0) is 6.42 Å². The maximum absolute atomic E-state index is 10.4. The zero-order chi connectivity index (χ0) is 9.14. The summed E-state index contributed by atoms with van der Waals surface area (Å²) in [6, 6.07) is 0.00199. The number of rotatable bonds is 2. The molecule has 1 aromatic rings. The molecule has 12 heavy (non-hydrogen) atoms. The minimum Gasteiger partial charge on any atom is -0.464 e. The van der Waals surface area contributed by atoms with Crippen LogP contribution in [-0.4, -0.2) is 26.8 Å². The van der Waals surface area contributed by atoms with Crippen LogP contribution in [0.4, 0.5) is 4.79 Å². The summed E-state index contributed by atoms with van der Waals surface area (Å²) in [5.74, 6) is 0. The molecule has 1 aromatic heterocycles. The molecule has 1 heterocycles. The lowest BCUT2D eigenvalue weighted by atomic mass is 10.2. The molecule has 0 saturated carbocycles. The second kappa shape index (κ2) is 3.36. The van der Waals surface area contributed by atoms with Gasteiger partial charge in [0.25, 0.3) is 0 Å². The van der Waals surface area contributed by atoms with Gasteiger partial charge in [0.05, 0.1) is 5.69 Å². The fourth-order valence-corrected chi connectivity index (χ4v) is 0.903. The predicted molar refractivity (Wildman–Crippen MR) is 43.0 cm³/mol. The van der Waals surface area contributed by atoms with E-state index < -0.39 is 6.09 Å². The largest absolute Gasteiger partial charge is 0.464 e. The van der Waals surface area contributed by atoms with Crippen molar-refractivity contribution in [1.29, 1.82) is 0 Å². The van der Waals surface area contributed by atoms with Crippen molar-refractivity contribution in [2.75, 3.05) is 0 Å². The molecule has 1 rings (SSSR count). The van der Waals surface area contributed by atoms with Crippen molar-refractivity contribution in [3.05, 3.63) is 18.2 Å². The first kappa shape index (κ1) is 8.73. The minimum atomic E-state index is -1.03. The maximum atomic E-state index is 10.4. The molecule has 3 N–H and O–H groups in total. The van der Waals surface area contributed by atoms with E-state index in [1.807, 2.05) is 6.92 Å². The molecule has 0 aliphatic heterocycles. The highest BCUT2D eigenvalue weighted by Crippen LogP contribution is 1.98. The van der Waals surface area contributed by atoms with Crippen LogP contribution in [0.2, 0.25) is 0 Å². The van der Waals surface area contributed by atoms with Crippen LogP contribution in [0.15, 0.2) is 12.5 Å². The van der Waals surface area contributed by atoms with Gasteiger partial charge in [0.2, 0.25) is 0 Å². The Balaban J connectivity index is 2.71. The zero-order valence-corrected chi connectivity index (χ0v) is 6.77. The molecule has 0 fully saturated rings. The maximum Gasteiger partial charge on any atom is 0.416 e. The first-order chi connectivity index (χ1) is 5.59. The molecule has 0 amide bonds. The summed E-state index contributed by atoms with van der Waals surface area (Å²) in [6.45, 7) is 1.85. The Hall–Kier alpha value is -1.36. The molecule has 66 valence electrons. The van der Waals surface area contributed by atoms with Crippen molar-refractivity contribution in [3.8, 4) is 0 Å². The van der Waals surface area contributed by atoms with Crippen molar-refractivity contribution in [3.63, 3.8) is 0 Å². The third-order valence-corrected chi connectivity index (χ3v) is 1.39. The molecule has 1 unspecified atom stereocenters. The van der Waals surface area contributed by atoms with Crippen LogP contribution < -0.4 is 5.73 Å². The van der Waals surface area contributed by atoms with Crippen LogP contribution >= 0.6 is 0 Å². The van der Waals surface area contributed by atoms with Crippen LogP contribution in [0.25, 0.3) is 0 Å². The second-order valence-corrected chi connectivity index (χ2v) is 2.74. The van der Waals surface area contributed by atoms with E-state index in [2.05, 4.69) is 4.98 Å². The Morgan fingerprint density at radius 2 is 2.58 bits per heavy atom. The van der Waals surface area contributed by atoms with E-state index in [4.69, 9.17) is 10.8 Å². The summed E-state index contributed by atoms with van der Waals surface area (Å²) >= 11 is 0. The SMILES string of the molecule is CC(N)Cc1cn(C(=O)O)cn1. The lowest BCUT2D eigenvalue weighted by Gasteiger charge is -1.98. The van der Waals surface area contributed by atoms with Crippen molar-refractivity contribution < 1.29 is 9.90 Å². The minimum absolute atomic E-state index is 0.00199. The van der Waals surface area contributed by atoms with E-state index in [0.29, 0.717) is 12.1 Å². The lowest BCUT2D eigenvalue weighted by molar-refractivity contribution is 0.196. The Morgan fingerprint density at radius 3 is 3.00 bits per heavy atom. The Morgan fingerprint density at radius 1 is 1.92 bits per heavy atom. The highest BCUT2D eigenvalue weighted by molar-refractivity contribution is 5.67. The molecular formula is C7H11N3O2. The van der Waals surface area contributed by atoms with Gasteiger partial charge < -0.3 is 10.8 Å². The Kier molecular flexibility index (Phi) is 2.44. The van der Waals surface area contributed by atoms with E-state index in [1.165, 1.54) is 12.5 Å². The summed E-state index contributed by atoms with van der Waals surface area (Å²) < 4.78 is 1.01. The second-order valence-electron chi connectivity index (χ2n) is 2.74. The topological polar surface area (TPSA) is 81.1 Å². The van der Waals surface area contributed by atoms with Gasteiger partial charge in [-0.3, -0.25) is 0 Å². The number of nitrogens with zero attached hydrogens (tertiary/aromatic N) is 2. The molecule has 0 radical (unpaired) electrons. The number of aromatic nitrogens is 2. The van der Waals surface area contributed by atoms with Crippen LogP contribution in [0.3, 0.4) is 0 Å². The Labute approximate surface area is 69.8 Å². The predicted octanol–water partition coefficient (Wildman–Crippen LogP) is 0.299. The number of carbonyl (C=O) groups is 1. The molecule has 5 nitrogen and oxygen atoms in total. The molecule has 0 aliphatic carbocycles. The zero-order valence-electron chi connectivity index (χ0n) is 6.77. The van der Waals surface area contributed by atoms with E-state index in [9.17, 15) is 4.79 Å². The van der Waals surface area contributed by atoms with Crippen molar-refractivity contribution in [2.45, 2.75) is 19.4 Å². The number of hydrogen-bond acceptors (Lipinski definition) is 3. The first-order valence-electron chi connectivity index (χ1n) is 3.61. The van der Waals surface area contributed by atoms with Gasteiger partial charge in [-0.15, -0.1) is 0 Å². The average Bonchev–Trinajstić information content (AvgIpc) is 2.34. The third-order valence-electron chi connectivity index (χ3n) is 1.39. The normalized spacial score (nSPS) is 12.8. The number of carboxylic acid groups (broad SMARTS) is 1. The van der Waals surface area contributed by atoms with Gasteiger partial charge >= 0.3 is 6.09 Å². The van der Waals surface area contributed by atoms with Gasteiger partial charge in [-0.1, -0.05) is 0 Å². The standard InChI is InChI=1S/C7H11N3O2/c1-5(8)2-6-3-10(4-9-6)7(11)12/h3-5H,2,8H2,1H3,(H,11,12). The number of hydrogen-bond donors (Lipinski definition) is 2. The van der Waals surface area contributed by atoms with E-state index in [0.717, 1.165) is 4.57 Å². The van der Waals surface area contributed by atoms with Crippen LogP contribution in [0, 0.1) is 0 Å². The molecule has 0 saturated heterocycles. The molecule has 0 aromatic carbocycles. The molecule has 1 atom stereocenters. The highest BCUT2D eigenvalue weighted by atomic mass is 16.4. The average molecular weight is 169 g/mol. The fourth-order valence-electron chi connectivity index (χ4n) is 0.903. The monoisotopic (exact) mass is 169 g/mol. The van der Waals surface area contributed by atoms with Gasteiger partial charge in [0, 0.05) is 18.7 Å². The summed E-state index contributed by atoms with van der Waals surface area (Å²) in [6.07, 6.45) is 2.30. The van der Waals surface area contributed by atoms with Crippen molar-refractivity contribution in [2.24, 2.45) is 5.73 Å². The van der Waals surface area contributed by atoms with Gasteiger partial charge in [-0.05, 0) is 6.92 Å². The summed E-state index contributed by atoms with van der Waals surface area (Å²) in [7, 11) is 0. The van der Waals surface area contributed by atoms with Crippen LogP contribution in [0.1, 0.15) is 12.6 Å². The molecule has 0 bridgehead atoms. The smallest absolute Gasteiger partial charge is 0.416 e. The highest BCUT2D eigenvalue weighted by Gasteiger charge is 2.04.